The Morgan fingerprint density at radius 2 is 1.77 bits per heavy atom. The average Bonchev–Trinajstić information content (AvgIpc) is 2.97. The Morgan fingerprint density at radius 3 is 2.38 bits per heavy atom. The normalized spacial score (nSPS) is 18.0. The number of aryl methyl sites for hydroxylation is 1. The molecule has 1 atom stereocenters. The van der Waals surface area contributed by atoms with E-state index >= 15 is 0 Å². The van der Waals surface area contributed by atoms with Gasteiger partial charge >= 0.3 is 0 Å². The Labute approximate surface area is 152 Å². The second kappa shape index (κ2) is 7.83. The number of hydrogen-bond acceptors (Lipinski definition) is 3. The van der Waals surface area contributed by atoms with Crippen LogP contribution in [0.5, 0.6) is 0 Å². The second-order valence-corrected chi connectivity index (χ2v) is 8.24. The molecule has 1 aliphatic rings. The third-order valence-electron chi connectivity index (χ3n) is 4.32. The number of amides is 1. The van der Waals surface area contributed by atoms with E-state index in [2.05, 4.69) is 0 Å². The standard InChI is InChI=1S/C20H20FNO3S/c21-17-9-11-18(12-10-17)22(19-13-14-26(24,25)15-19)20(23)8-4-7-16-5-2-1-3-6-16/h1-3,5-6,9-14,19H,4,7-8,15H2. The van der Waals surface area contributed by atoms with Crippen LogP contribution >= 0.6 is 0 Å². The number of sulfone groups is 1. The fourth-order valence-electron chi connectivity index (χ4n) is 3.05. The quantitative estimate of drug-likeness (QED) is 0.779. The van der Waals surface area contributed by atoms with Crippen LogP contribution in [0.15, 0.2) is 66.1 Å². The van der Waals surface area contributed by atoms with Crippen molar-refractivity contribution in [1.82, 2.24) is 0 Å². The van der Waals surface area contributed by atoms with Gasteiger partial charge < -0.3 is 4.90 Å². The van der Waals surface area contributed by atoms with Gasteiger partial charge in [-0.1, -0.05) is 30.3 Å². The molecule has 136 valence electrons. The summed E-state index contributed by atoms with van der Waals surface area (Å²) < 4.78 is 36.8. The molecule has 1 heterocycles. The van der Waals surface area contributed by atoms with Crippen molar-refractivity contribution >= 4 is 21.4 Å². The number of anilines is 1. The minimum atomic E-state index is -3.30. The first-order valence-electron chi connectivity index (χ1n) is 8.47. The molecule has 0 spiro atoms. The fourth-order valence-corrected chi connectivity index (χ4v) is 4.32. The van der Waals surface area contributed by atoms with E-state index in [0.717, 1.165) is 17.4 Å². The molecule has 1 unspecified atom stereocenters. The van der Waals surface area contributed by atoms with Crippen LogP contribution in [-0.2, 0) is 21.1 Å². The number of rotatable bonds is 6. The number of carbonyl (C=O) groups excluding carboxylic acids is 1. The number of nitrogens with zero attached hydrogens (tertiary/aromatic N) is 1. The molecule has 0 fully saturated rings. The summed E-state index contributed by atoms with van der Waals surface area (Å²) in [5.74, 6) is -0.714. The van der Waals surface area contributed by atoms with E-state index in [1.165, 1.54) is 35.2 Å². The maximum absolute atomic E-state index is 13.2. The molecular formula is C20H20FNO3S. The van der Waals surface area contributed by atoms with Gasteiger partial charge in [0.2, 0.25) is 5.91 Å². The zero-order valence-electron chi connectivity index (χ0n) is 14.2. The summed E-state index contributed by atoms with van der Waals surface area (Å²) in [5.41, 5.74) is 1.65. The summed E-state index contributed by atoms with van der Waals surface area (Å²) in [4.78, 5) is 14.3. The summed E-state index contributed by atoms with van der Waals surface area (Å²) in [6, 6.07) is 14.9. The highest BCUT2D eigenvalue weighted by Crippen LogP contribution is 2.24. The van der Waals surface area contributed by atoms with Crippen molar-refractivity contribution in [2.24, 2.45) is 0 Å². The summed E-state index contributed by atoms with van der Waals surface area (Å²) in [6.45, 7) is 0. The largest absolute Gasteiger partial charge is 0.304 e. The number of benzene rings is 2. The number of carbonyl (C=O) groups is 1. The number of hydrogen-bond donors (Lipinski definition) is 0. The Hall–Kier alpha value is -2.47. The lowest BCUT2D eigenvalue weighted by molar-refractivity contribution is -0.118. The van der Waals surface area contributed by atoms with E-state index in [4.69, 9.17) is 0 Å². The summed E-state index contributed by atoms with van der Waals surface area (Å²) in [6.07, 6.45) is 3.23. The van der Waals surface area contributed by atoms with E-state index in [-0.39, 0.29) is 18.1 Å². The maximum Gasteiger partial charge on any atom is 0.227 e. The van der Waals surface area contributed by atoms with Crippen molar-refractivity contribution in [3.8, 4) is 0 Å². The molecule has 2 aromatic carbocycles. The lowest BCUT2D eigenvalue weighted by atomic mass is 10.1. The van der Waals surface area contributed by atoms with E-state index in [1.807, 2.05) is 30.3 Å². The Balaban J connectivity index is 1.73. The second-order valence-electron chi connectivity index (χ2n) is 6.30. The van der Waals surface area contributed by atoms with Crippen LogP contribution in [-0.4, -0.2) is 26.1 Å². The van der Waals surface area contributed by atoms with Crippen molar-refractivity contribution in [2.75, 3.05) is 10.7 Å². The third kappa shape index (κ3) is 4.58. The fraction of sp³-hybridized carbons (Fsp3) is 0.250. The van der Waals surface area contributed by atoms with Gasteiger partial charge in [-0.3, -0.25) is 4.79 Å². The smallest absolute Gasteiger partial charge is 0.227 e. The zero-order valence-corrected chi connectivity index (χ0v) is 15.0. The van der Waals surface area contributed by atoms with Crippen molar-refractivity contribution < 1.29 is 17.6 Å². The molecule has 0 radical (unpaired) electrons. The third-order valence-corrected chi connectivity index (χ3v) is 5.69. The van der Waals surface area contributed by atoms with Crippen LogP contribution in [0, 0.1) is 5.82 Å². The first-order chi connectivity index (χ1) is 12.4. The van der Waals surface area contributed by atoms with Gasteiger partial charge in [0, 0.05) is 17.5 Å². The molecule has 0 aromatic heterocycles. The Kier molecular flexibility index (Phi) is 5.52. The topological polar surface area (TPSA) is 54.5 Å². The van der Waals surface area contributed by atoms with Crippen LogP contribution in [0.2, 0.25) is 0 Å². The highest BCUT2D eigenvalue weighted by atomic mass is 32.2. The predicted molar refractivity (Wildman–Crippen MR) is 100.0 cm³/mol. The maximum atomic E-state index is 13.2. The molecule has 2 aromatic rings. The summed E-state index contributed by atoms with van der Waals surface area (Å²) in [7, 11) is -3.30. The van der Waals surface area contributed by atoms with Gasteiger partial charge in [-0.15, -0.1) is 0 Å². The molecule has 1 aliphatic heterocycles. The monoisotopic (exact) mass is 373 g/mol. The molecule has 0 N–H and O–H groups in total. The summed E-state index contributed by atoms with van der Waals surface area (Å²) in [5, 5.41) is 1.14. The van der Waals surface area contributed by atoms with Crippen molar-refractivity contribution in [1.29, 1.82) is 0 Å². The molecule has 0 aliphatic carbocycles. The zero-order chi connectivity index (χ0) is 18.6. The lowest BCUT2D eigenvalue weighted by Gasteiger charge is -2.28. The average molecular weight is 373 g/mol. The van der Waals surface area contributed by atoms with E-state index in [1.54, 1.807) is 0 Å². The van der Waals surface area contributed by atoms with Crippen LogP contribution < -0.4 is 4.90 Å². The van der Waals surface area contributed by atoms with Crippen molar-refractivity contribution in [3.63, 3.8) is 0 Å². The Morgan fingerprint density at radius 1 is 1.08 bits per heavy atom. The van der Waals surface area contributed by atoms with Crippen molar-refractivity contribution in [3.05, 3.63) is 77.5 Å². The van der Waals surface area contributed by atoms with Crippen molar-refractivity contribution in [2.45, 2.75) is 25.3 Å². The predicted octanol–water partition coefficient (Wildman–Crippen LogP) is 3.49. The van der Waals surface area contributed by atoms with Gasteiger partial charge in [0.1, 0.15) is 5.82 Å². The molecule has 0 saturated carbocycles. The first-order valence-corrected chi connectivity index (χ1v) is 10.2. The Bertz CT molecular complexity index is 892. The molecule has 1 amide bonds. The molecule has 4 nitrogen and oxygen atoms in total. The van der Waals surface area contributed by atoms with Crippen LogP contribution in [0.1, 0.15) is 18.4 Å². The van der Waals surface area contributed by atoms with Gasteiger partial charge in [-0.05, 0) is 48.7 Å². The molecule has 0 saturated heterocycles. The van der Waals surface area contributed by atoms with E-state index in [0.29, 0.717) is 12.1 Å². The minimum absolute atomic E-state index is 0.144. The molecule has 26 heavy (non-hydrogen) atoms. The van der Waals surface area contributed by atoms with Gasteiger partial charge in [0.15, 0.2) is 9.84 Å². The van der Waals surface area contributed by atoms with Gasteiger partial charge in [-0.25, -0.2) is 12.8 Å². The van der Waals surface area contributed by atoms with E-state index < -0.39 is 21.7 Å². The highest BCUT2D eigenvalue weighted by Gasteiger charge is 2.31. The molecular weight excluding hydrogens is 353 g/mol. The van der Waals surface area contributed by atoms with Gasteiger partial charge in [0.25, 0.3) is 0 Å². The highest BCUT2D eigenvalue weighted by molar-refractivity contribution is 7.94. The van der Waals surface area contributed by atoms with Gasteiger partial charge in [-0.2, -0.15) is 0 Å². The molecule has 6 heteroatoms. The van der Waals surface area contributed by atoms with E-state index in [9.17, 15) is 17.6 Å². The van der Waals surface area contributed by atoms with Crippen LogP contribution in [0.25, 0.3) is 0 Å². The SMILES string of the molecule is O=C(CCCc1ccccc1)N(c1ccc(F)cc1)C1C=CS(=O)(=O)C1. The summed E-state index contributed by atoms with van der Waals surface area (Å²) >= 11 is 0. The molecule has 0 bridgehead atoms. The minimum Gasteiger partial charge on any atom is -0.304 e. The van der Waals surface area contributed by atoms with Crippen LogP contribution in [0.3, 0.4) is 0 Å². The lowest BCUT2D eigenvalue weighted by Crippen LogP contribution is -2.41. The number of halogens is 1. The van der Waals surface area contributed by atoms with Gasteiger partial charge in [0.05, 0.1) is 11.8 Å². The first kappa shape index (κ1) is 18.3. The van der Waals surface area contributed by atoms with Crippen LogP contribution in [0.4, 0.5) is 10.1 Å². The molecule has 3 rings (SSSR count).